The Morgan fingerprint density at radius 3 is 2.48 bits per heavy atom. The molecule has 112 valence electrons. The van der Waals surface area contributed by atoms with E-state index in [1.165, 1.54) is 6.92 Å². The highest BCUT2D eigenvalue weighted by Crippen LogP contribution is 2.36. The number of benzene rings is 1. The summed E-state index contributed by atoms with van der Waals surface area (Å²) in [7, 11) is 0. The molecule has 0 aliphatic carbocycles. The van der Waals surface area contributed by atoms with E-state index >= 15 is 0 Å². The van der Waals surface area contributed by atoms with Crippen molar-refractivity contribution in [3.63, 3.8) is 0 Å². The first-order valence-electron chi connectivity index (χ1n) is 6.39. The van der Waals surface area contributed by atoms with E-state index in [4.69, 9.17) is 5.73 Å². The van der Waals surface area contributed by atoms with Crippen LogP contribution in [0.3, 0.4) is 0 Å². The van der Waals surface area contributed by atoms with Crippen molar-refractivity contribution < 1.29 is 17.6 Å². The van der Waals surface area contributed by atoms with Gasteiger partial charge in [-0.25, -0.2) is 27.5 Å². The Hall–Kier alpha value is -2.12. The van der Waals surface area contributed by atoms with Crippen LogP contribution in [0.4, 0.5) is 29.1 Å². The number of aromatic nitrogens is 2. The summed E-state index contributed by atoms with van der Waals surface area (Å²) in [5, 5.41) is -0.490. The molecule has 21 heavy (non-hydrogen) atoms. The van der Waals surface area contributed by atoms with Crippen LogP contribution in [0.2, 0.25) is 0 Å². The second-order valence-corrected chi connectivity index (χ2v) is 5.00. The Morgan fingerprint density at radius 2 is 1.86 bits per heavy atom. The van der Waals surface area contributed by atoms with E-state index in [2.05, 4.69) is 9.97 Å². The number of nitrogen functional groups attached to an aromatic ring is 1. The Balaban J connectivity index is 2.31. The van der Waals surface area contributed by atoms with Crippen molar-refractivity contribution in [2.24, 2.45) is 0 Å². The molecule has 1 aromatic heterocycles. The van der Waals surface area contributed by atoms with Gasteiger partial charge in [-0.15, -0.1) is 0 Å². The molecule has 1 aliphatic heterocycles. The van der Waals surface area contributed by atoms with Gasteiger partial charge in [0.1, 0.15) is 29.0 Å². The number of hydrogen-bond donors (Lipinski definition) is 1. The number of nitrogens with two attached hydrogens (primary N) is 1. The van der Waals surface area contributed by atoms with Crippen LogP contribution < -0.4 is 10.6 Å². The molecule has 2 aromatic rings. The van der Waals surface area contributed by atoms with Crippen LogP contribution in [-0.2, 0) is 0 Å². The fourth-order valence-electron chi connectivity index (χ4n) is 2.59. The van der Waals surface area contributed by atoms with Crippen molar-refractivity contribution >= 4 is 22.4 Å². The van der Waals surface area contributed by atoms with Crippen LogP contribution in [0.15, 0.2) is 0 Å². The van der Waals surface area contributed by atoms with E-state index < -0.39 is 40.2 Å². The Bertz CT molecular complexity index is 734. The molecule has 3 rings (SSSR count). The van der Waals surface area contributed by atoms with Crippen LogP contribution >= 0.6 is 0 Å². The number of rotatable bonds is 1. The third-order valence-corrected chi connectivity index (χ3v) is 3.53. The predicted molar refractivity (Wildman–Crippen MR) is 70.3 cm³/mol. The Morgan fingerprint density at radius 1 is 1.14 bits per heavy atom. The molecule has 0 saturated carbocycles. The van der Waals surface area contributed by atoms with Gasteiger partial charge in [-0.2, -0.15) is 0 Å². The van der Waals surface area contributed by atoms with E-state index in [1.54, 1.807) is 0 Å². The van der Waals surface area contributed by atoms with E-state index in [0.717, 1.165) is 4.90 Å². The lowest BCUT2D eigenvalue weighted by Crippen LogP contribution is -2.23. The van der Waals surface area contributed by atoms with E-state index in [9.17, 15) is 17.6 Å². The fraction of sp³-hybridized carbons (Fsp3) is 0.385. The molecule has 1 atom stereocenters. The molecule has 0 spiro atoms. The number of fused-ring (bicyclic) bond motifs is 1. The van der Waals surface area contributed by atoms with Crippen LogP contribution in [0.5, 0.6) is 0 Å². The molecule has 8 heteroatoms. The average molecular weight is 300 g/mol. The van der Waals surface area contributed by atoms with Gasteiger partial charge in [0.2, 0.25) is 0 Å². The smallest absolute Gasteiger partial charge is 0.186 e. The van der Waals surface area contributed by atoms with Crippen molar-refractivity contribution in [1.29, 1.82) is 0 Å². The fourth-order valence-corrected chi connectivity index (χ4v) is 2.59. The molecule has 1 saturated heterocycles. The summed E-state index contributed by atoms with van der Waals surface area (Å²) in [6.45, 7) is 1.39. The SMILES string of the molecule is Cc1nc(N)c2c(F)c(F)c(N3CCC(F)C3)c(F)c2n1. The van der Waals surface area contributed by atoms with Crippen molar-refractivity contribution in [2.75, 3.05) is 23.7 Å². The number of nitrogens with zero attached hydrogens (tertiary/aromatic N) is 3. The van der Waals surface area contributed by atoms with Crippen LogP contribution in [0.1, 0.15) is 12.2 Å². The number of hydrogen-bond acceptors (Lipinski definition) is 4. The largest absolute Gasteiger partial charge is 0.383 e. The quantitative estimate of drug-likeness (QED) is 0.649. The van der Waals surface area contributed by atoms with Gasteiger partial charge in [-0.05, 0) is 13.3 Å². The first-order chi connectivity index (χ1) is 9.90. The maximum atomic E-state index is 14.5. The Kier molecular flexibility index (Phi) is 3.11. The zero-order valence-electron chi connectivity index (χ0n) is 11.1. The average Bonchev–Trinajstić information content (AvgIpc) is 2.82. The highest BCUT2D eigenvalue weighted by Gasteiger charge is 2.31. The topological polar surface area (TPSA) is 55.0 Å². The highest BCUT2D eigenvalue weighted by molar-refractivity contribution is 5.92. The van der Waals surface area contributed by atoms with Crippen LogP contribution in [0.25, 0.3) is 10.9 Å². The minimum Gasteiger partial charge on any atom is -0.383 e. The molecule has 1 fully saturated rings. The van der Waals surface area contributed by atoms with E-state index in [-0.39, 0.29) is 31.2 Å². The molecular formula is C13H12F4N4. The maximum absolute atomic E-state index is 14.5. The minimum absolute atomic E-state index is 0.111. The number of halogens is 4. The number of aryl methyl sites for hydroxylation is 1. The second kappa shape index (κ2) is 4.71. The molecular weight excluding hydrogens is 288 g/mol. The zero-order valence-corrected chi connectivity index (χ0v) is 11.1. The summed E-state index contributed by atoms with van der Waals surface area (Å²) >= 11 is 0. The normalized spacial score (nSPS) is 18.7. The monoisotopic (exact) mass is 300 g/mol. The molecule has 4 nitrogen and oxygen atoms in total. The van der Waals surface area contributed by atoms with Crippen molar-refractivity contribution in [1.82, 2.24) is 9.97 Å². The molecule has 2 N–H and O–H groups in total. The lowest BCUT2D eigenvalue weighted by molar-refractivity contribution is 0.364. The van der Waals surface area contributed by atoms with Crippen LogP contribution in [0, 0.1) is 24.4 Å². The summed E-state index contributed by atoms with van der Waals surface area (Å²) in [6, 6.07) is 0. The standard InChI is InChI=1S/C13H12F4N4/c1-5-19-11-7(13(18)20-5)8(15)9(16)12(10(11)17)21-3-2-6(14)4-21/h6H,2-4H2,1H3,(H2,18,19,20). The number of anilines is 2. The van der Waals surface area contributed by atoms with Crippen molar-refractivity contribution in [3.8, 4) is 0 Å². The first kappa shape index (κ1) is 13.8. The van der Waals surface area contributed by atoms with Gasteiger partial charge in [0.25, 0.3) is 0 Å². The van der Waals surface area contributed by atoms with Gasteiger partial charge in [0, 0.05) is 13.1 Å². The van der Waals surface area contributed by atoms with Crippen LogP contribution in [-0.4, -0.2) is 29.2 Å². The molecule has 1 unspecified atom stereocenters. The molecule has 0 bridgehead atoms. The molecule has 1 aromatic carbocycles. The molecule has 2 heterocycles. The van der Waals surface area contributed by atoms with Crippen molar-refractivity contribution in [2.45, 2.75) is 19.5 Å². The molecule has 0 amide bonds. The maximum Gasteiger partial charge on any atom is 0.186 e. The second-order valence-electron chi connectivity index (χ2n) is 5.00. The third kappa shape index (κ3) is 2.05. The summed E-state index contributed by atoms with van der Waals surface area (Å²) < 4.78 is 56.1. The number of alkyl halides is 1. The van der Waals surface area contributed by atoms with Gasteiger partial charge in [0.05, 0.1) is 5.39 Å². The summed E-state index contributed by atoms with van der Waals surface area (Å²) in [4.78, 5) is 8.64. The summed E-state index contributed by atoms with van der Waals surface area (Å²) in [5.41, 5.74) is 4.53. The minimum atomic E-state index is -1.40. The van der Waals surface area contributed by atoms with Gasteiger partial charge < -0.3 is 10.6 Å². The van der Waals surface area contributed by atoms with Gasteiger partial charge in [-0.3, -0.25) is 0 Å². The summed E-state index contributed by atoms with van der Waals surface area (Å²) in [6.07, 6.45) is -1.05. The van der Waals surface area contributed by atoms with E-state index in [0.29, 0.717) is 0 Å². The van der Waals surface area contributed by atoms with Crippen molar-refractivity contribution in [3.05, 3.63) is 23.3 Å². The zero-order chi connectivity index (χ0) is 15.3. The van der Waals surface area contributed by atoms with Gasteiger partial charge in [0.15, 0.2) is 17.5 Å². The first-order valence-corrected chi connectivity index (χ1v) is 6.39. The summed E-state index contributed by atoms with van der Waals surface area (Å²) in [5.74, 6) is -3.95. The lowest BCUT2D eigenvalue weighted by Gasteiger charge is -2.20. The predicted octanol–water partition coefficient (Wildman–Crippen LogP) is 2.49. The molecule has 1 aliphatic rings. The lowest BCUT2D eigenvalue weighted by atomic mass is 10.1. The highest BCUT2D eigenvalue weighted by atomic mass is 19.2. The third-order valence-electron chi connectivity index (χ3n) is 3.53. The Labute approximate surface area is 117 Å². The van der Waals surface area contributed by atoms with Gasteiger partial charge in [-0.1, -0.05) is 0 Å². The van der Waals surface area contributed by atoms with E-state index in [1.807, 2.05) is 0 Å². The van der Waals surface area contributed by atoms with Gasteiger partial charge >= 0.3 is 0 Å². The molecule has 0 radical (unpaired) electrons.